The van der Waals surface area contributed by atoms with Gasteiger partial charge in [-0.25, -0.2) is 0 Å². The van der Waals surface area contributed by atoms with Gasteiger partial charge in [0.05, 0.1) is 24.3 Å². The number of fused-ring (bicyclic) bond motifs is 1. The molecule has 0 aromatic carbocycles. The maximum absolute atomic E-state index is 13.3. The monoisotopic (exact) mass is 527 g/mol. The second kappa shape index (κ2) is 11.5. The fraction of sp³-hybridized carbons (Fsp3) is 0.500. The van der Waals surface area contributed by atoms with E-state index >= 15 is 0 Å². The molecule has 2 aliphatic rings. The Morgan fingerprint density at radius 3 is 2.53 bits per heavy atom. The Morgan fingerprint density at radius 1 is 1.13 bits per heavy atom. The second-order valence-corrected chi connectivity index (χ2v) is 9.27. The van der Waals surface area contributed by atoms with E-state index in [9.17, 15) is 19.2 Å². The minimum Gasteiger partial charge on any atom is -0.476 e. The second-order valence-electron chi connectivity index (χ2n) is 9.27. The summed E-state index contributed by atoms with van der Waals surface area (Å²) in [6.07, 6.45) is 1.25. The number of hydrogen-bond acceptors (Lipinski definition) is 9. The minimum absolute atomic E-state index is 0.0487. The predicted molar refractivity (Wildman–Crippen MR) is 137 cm³/mol. The first-order valence-electron chi connectivity index (χ1n) is 12.7. The van der Waals surface area contributed by atoms with Gasteiger partial charge in [-0.2, -0.15) is 4.98 Å². The van der Waals surface area contributed by atoms with Crippen molar-refractivity contribution < 1.29 is 33.1 Å². The molecule has 204 valence electrons. The van der Waals surface area contributed by atoms with Crippen molar-refractivity contribution in [1.82, 2.24) is 14.8 Å². The van der Waals surface area contributed by atoms with Gasteiger partial charge in [0.15, 0.2) is 0 Å². The Labute approximate surface area is 220 Å². The van der Waals surface area contributed by atoms with Gasteiger partial charge in [0, 0.05) is 53.0 Å². The van der Waals surface area contributed by atoms with Crippen LogP contribution in [0.5, 0.6) is 5.88 Å². The highest BCUT2D eigenvalue weighted by atomic mass is 16.5. The van der Waals surface area contributed by atoms with E-state index in [0.717, 1.165) is 0 Å². The van der Waals surface area contributed by atoms with Crippen molar-refractivity contribution >= 4 is 35.2 Å². The number of nitrogens with one attached hydrogen (secondary N) is 1. The molecule has 0 unspecified atom stereocenters. The van der Waals surface area contributed by atoms with Crippen molar-refractivity contribution in [2.24, 2.45) is 0 Å². The number of aromatic nitrogens is 1. The Bertz CT molecular complexity index is 1220. The number of nitrogens with zero attached hydrogens (tertiary/aromatic N) is 4. The zero-order chi connectivity index (χ0) is 27.4. The number of rotatable bonds is 8. The number of piperazine rings is 1. The van der Waals surface area contributed by atoms with Crippen LogP contribution < -0.4 is 15.0 Å². The molecular weight excluding hydrogens is 494 g/mol. The number of esters is 1. The van der Waals surface area contributed by atoms with E-state index in [4.69, 9.17) is 13.9 Å². The molecule has 0 aliphatic carbocycles. The van der Waals surface area contributed by atoms with Crippen LogP contribution in [-0.2, 0) is 20.7 Å². The average molecular weight is 528 g/mol. The standard InChI is InChI=1S/C26H33N5O7/c1-5-36-25-20(6-7-22(28-25)30-12-10-29(11-13-30)17(3)32)27-24(34)19-15-37-21-8-9-31(26(35)23(19)21)14-16(2)38-18(4)33/h6-7,15-16H,5,8-14H2,1-4H3,(H,27,34)/t16-/m0/s1. The Balaban J connectivity index is 1.49. The molecule has 3 amide bonds. The van der Waals surface area contributed by atoms with Crippen LogP contribution in [0, 0.1) is 0 Å². The summed E-state index contributed by atoms with van der Waals surface area (Å²) in [5.41, 5.74) is 0.679. The molecule has 4 heterocycles. The van der Waals surface area contributed by atoms with Gasteiger partial charge in [0.25, 0.3) is 11.8 Å². The van der Waals surface area contributed by atoms with E-state index in [1.165, 1.54) is 13.2 Å². The Morgan fingerprint density at radius 2 is 1.87 bits per heavy atom. The molecule has 0 bridgehead atoms. The molecule has 0 spiro atoms. The maximum atomic E-state index is 13.3. The third-order valence-electron chi connectivity index (χ3n) is 6.49. The van der Waals surface area contributed by atoms with Gasteiger partial charge in [-0.05, 0) is 26.0 Å². The lowest BCUT2D eigenvalue weighted by molar-refractivity contribution is -0.146. The first-order valence-corrected chi connectivity index (χ1v) is 12.7. The van der Waals surface area contributed by atoms with Crippen LogP contribution in [0.15, 0.2) is 22.8 Å². The lowest BCUT2D eigenvalue weighted by Crippen LogP contribution is -2.48. The van der Waals surface area contributed by atoms with Crippen LogP contribution >= 0.6 is 0 Å². The molecule has 2 aromatic rings. The molecule has 38 heavy (non-hydrogen) atoms. The summed E-state index contributed by atoms with van der Waals surface area (Å²) < 4.78 is 16.4. The highest BCUT2D eigenvalue weighted by Gasteiger charge is 2.34. The molecule has 1 fully saturated rings. The molecule has 0 radical (unpaired) electrons. The molecule has 2 aliphatic heterocycles. The van der Waals surface area contributed by atoms with E-state index in [0.29, 0.717) is 63.0 Å². The van der Waals surface area contributed by atoms with Crippen molar-refractivity contribution in [3.05, 3.63) is 35.3 Å². The minimum atomic E-state index is -0.524. The van der Waals surface area contributed by atoms with Crippen molar-refractivity contribution in [2.45, 2.75) is 40.2 Å². The van der Waals surface area contributed by atoms with Crippen molar-refractivity contribution in [2.75, 3.05) is 56.1 Å². The summed E-state index contributed by atoms with van der Waals surface area (Å²) in [5.74, 6) is 0.133. The van der Waals surface area contributed by atoms with E-state index in [-0.39, 0.29) is 35.4 Å². The van der Waals surface area contributed by atoms with Gasteiger partial charge >= 0.3 is 5.97 Å². The number of pyridine rings is 1. The number of anilines is 2. The molecule has 0 saturated carbocycles. The lowest BCUT2D eigenvalue weighted by Gasteiger charge is -2.35. The van der Waals surface area contributed by atoms with Crippen molar-refractivity contribution in [1.29, 1.82) is 0 Å². The number of amides is 3. The molecule has 1 saturated heterocycles. The van der Waals surface area contributed by atoms with Crippen LogP contribution in [0.1, 0.15) is 54.2 Å². The molecule has 2 aromatic heterocycles. The summed E-state index contributed by atoms with van der Waals surface area (Å²) in [4.78, 5) is 59.4. The summed E-state index contributed by atoms with van der Waals surface area (Å²) in [5, 5.41) is 2.80. The van der Waals surface area contributed by atoms with Gasteiger partial charge in [-0.1, -0.05) is 0 Å². The Hall–Kier alpha value is -4.09. The smallest absolute Gasteiger partial charge is 0.302 e. The van der Waals surface area contributed by atoms with Gasteiger partial charge in [0.2, 0.25) is 11.8 Å². The predicted octanol–water partition coefficient (Wildman–Crippen LogP) is 1.94. The van der Waals surface area contributed by atoms with E-state index < -0.39 is 18.0 Å². The van der Waals surface area contributed by atoms with E-state index in [1.807, 2.05) is 6.92 Å². The zero-order valence-electron chi connectivity index (χ0n) is 22.1. The molecule has 12 nitrogen and oxygen atoms in total. The van der Waals surface area contributed by atoms with Gasteiger partial charge in [-0.3, -0.25) is 19.2 Å². The lowest BCUT2D eigenvalue weighted by atomic mass is 10.0. The SMILES string of the molecule is CCOc1nc(N2CCN(C(C)=O)CC2)ccc1NC(=O)c1coc2c1C(=O)N(C[C@H](C)OC(C)=O)CC2. The molecule has 4 rings (SSSR count). The molecular formula is C26H33N5O7. The van der Waals surface area contributed by atoms with Crippen molar-refractivity contribution in [3.63, 3.8) is 0 Å². The van der Waals surface area contributed by atoms with Gasteiger partial charge in [0.1, 0.15) is 29.6 Å². The maximum Gasteiger partial charge on any atom is 0.302 e. The fourth-order valence-electron chi connectivity index (χ4n) is 4.67. The van der Waals surface area contributed by atoms with E-state index in [2.05, 4.69) is 15.2 Å². The van der Waals surface area contributed by atoms with Crippen molar-refractivity contribution in [3.8, 4) is 5.88 Å². The normalized spacial score (nSPS) is 16.1. The summed E-state index contributed by atoms with van der Waals surface area (Å²) in [7, 11) is 0. The van der Waals surface area contributed by atoms with Gasteiger partial charge in [-0.15, -0.1) is 0 Å². The topological polar surface area (TPSA) is 135 Å². The van der Waals surface area contributed by atoms with Crippen LogP contribution in [0.2, 0.25) is 0 Å². The highest BCUT2D eigenvalue weighted by molar-refractivity contribution is 6.13. The summed E-state index contributed by atoms with van der Waals surface area (Å²) in [6.45, 7) is 9.85. The number of furan rings is 1. The third-order valence-corrected chi connectivity index (χ3v) is 6.49. The van der Waals surface area contributed by atoms with Crippen LogP contribution in [0.25, 0.3) is 0 Å². The van der Waals surface area contributed by atoms with Crippen LogP contribution in [0.3, 0.4) is 0 Å². The largest absolute Gasteiger partial charge is 0.476 e. The highest BCUT2D eigenvalue weighted by Crippen LogP contribution is 2.30. The zero-order valence-corrected chi connectivity index (χ0v) is 22.1. The summed E-state index contributed by atoms with van der Waals surface area (Å²) in [6, 6.07) is 3.50. The first kappa shape index (κ1) is 27.0. The third kappa shape index (κ3) is 5.90. The first-order chi connectivity index (χ1) is 18.2. The Kier molecular flexibility index (Phi) is 8.18. The average Bonchev–Trinajstić information content (AvgIpc) is 3.32. The molecule has 12 heteroatoms. The number of ether oxygens (including phenoxy) is 2. The van der Waals surface area contributed by atoms with Gasteiger partial charge < -0.3 is 33.9 Å². The molecule has 1 N–H and O–H groups in total. The summed E-state index contributed by atoms with van der Waals surface area (Å²) >= 11 is 0. The van der Waals surface area contributed by atoms with Crippen LogP contribution in [-0.4, -0.2) is 90.5 Å². The quantitative estimate of drug-likeness (QED) is 0.511. The van der Waals surface area contributed by atoms with Crippen LogP contribution in [0.4, 0.5) is 11.5 Å². The molecule has 1 atom stereocenters. The van der Waals surface area contributed by atoms with E-state index in [1.54, 1.807) is 35.8 Å². The fourth-order valence-corrected chi connectivity index (χ4v) is 4.67. The number of hydrogen-bond donors (Lipinski definition) is 1. The number of carbonyl (C=O) groups excluding carboxylic acids is 4. The number of carbonyl (C=O) groups is 4.